The van der Waals surface area contributed by atoms with Crippen molar-refractivity contribution in [3.05, 3.63) is 41.5 Å². The quantitative estimate of drug-likeness (QED) is 0.765. The summed E-state index contributed by atoms with van der Waals surface area (Å²) in [6, 6.07) is 9.44. The van der Waals surface area contributed by atoms with Crippen LogP contribution in [-0.2, 0) is 16.0 Å². The van der Waals surface area contributed by atoms with Crippen molar-refractivity contribution in [2.24, 2.45) is 11.8 Å². The van der Waals surface area contributed by atoms with Crippen molar-refractivity contribution in [2.45, 2.75) is 20.3 Å². The van der Waals surface area contributed by atoms with Gasteiger partial charge in [-0.2, -0.15) is 9.97 Å². The Balaban J connectivity index is 1.91. The van der Waals surface area contributed by atoms with E-state index in [1.54, 1.807) is 6.92 Å². The van der Waals surface area contributed by atoms with Gasteiger partial charge in [-0.1, -0.05) is 36.8 Å². The van der Waals surface area contributed by atoms with E-state index in [1.807, 2.05) is 31.2 Å². The van der Waals surface area contributed by atoms with Crippen LogP contribution in [0.4, 0.5) is 5.95 Å². The summed E-state index contributed by atoms with van der Waals surface area (Å²) in [6.45, 7) is 3.77. The van der Waals surface area contributed by atoms with Crippen molar-refractivity contribution in [3.63, 3.8) is 0 Å². The fraction of sp³-hybridized carbons (Fsp3) is 0.368. The van der Waals surface area contributed by atoms with Crippen LogP contribution in [0.15, 0.2) is 30.3 Å². The van der Waals surface area contributed by atoms with Gasteiger partial charge in [0.1, 0.15) is 0 Å². The zero-order valence-corrected chi connectivity index (χ0v) is 15.2. The lowest BCUT2D eigenvalue weighted by Gasteiger charge is -2.14. The fourth-order valence-corrected chi connectivity index (χ4v) is 3.00. The number of rotatable bonds is 5. The van der Waals surface area contributed by atoms with Crippen molar-refractivity contribution < 1.29 is 19.1 Å². The topological polar surface area (TPSA) is 81.6 Å². The van der Waals surface area contributed by atoms with Crippen LogP contribution in [0, 0.1) is 18.8 Å². The van der Waals surface area contributed by atoms with E-state index in [0.717, 1.165) is 16.0 Å². The van der Waals surface area contributed by atoms with Crippen LogP contribution in [0.1, 0.15) is 18.1 Å². The molecule has 0 aliphatic carbocycles. The highest BCUT2D eigenvalue weighted by Gasteiger charge is 2.47. The summed E-state index contributed by atoms with van der Waals surface area (Å²) in [5, 5.41) is 0. The van der Waals surface area contributed by atoms with Crippen LogP contribution in [0.2, 0.25) is 0 Å². The lowest BCUT2D eigenvalue weighted by atomic mass is 9.90. The van der Waals surface area contributed by atoms with Crippen LogP contribution in [0.25, 0.3) is 0 Å². The molecule has 7 heteroatoms. The van der Waals surface area contributed by atoms with Crippen LogP contribution in [0.3, 0.4) is 0 Å². The van der Waals surface area contributed by atoms with Crippen LogP contribution in [0.5, 0.6) is 11.8 Å². The molecule has 0 saturated carbocycles. The van der Waals surface area contributed by atoms with Gasteiger partial charge in [0.05, 0.1) is 26.2 Å². The highest BCUT2D eigenvalue weighted by Crippen LogP contribution is 2.33. The monoisotopic (exact) mass is 355 g/mol. The predicted octanol–water partition coefficient (Wildman–Crippen LogP) is 2.17. The minimum Gasteiger partial charge on any atom is -0.481 e. The van der Waals surface area contributed by atoms with Gasteiger partial charge in [0.2, 0.25) is 29.5 Å². The first-order valence-electron chi connectivity index (χ1n) is 8.35. The first kappa shape index (κ1) is 17.8. The highest BCUT2D eigenvalue weighted by atomic mass is 16.5. The number of benzene rings is 1. The lowest BCUT2D eigenvalue weighted by molar-refractivity contribution is -0.122. The molecule has 2 amide bonds. The van der Waals surface area contributed by atoms with E-state index < -0.39 is 11.8 Å². The number of amides is 2. The van der Waals surface area contributed by atoms with Gasteiger partial charge in [-0.15, -0.1) is 0 Å². The smallest absolute Gasteiger partial charge is 0.245 e. The first-order chi connectivity index (χ1) is 12.4. The van der Waals surface area contributed by atoms with Gasteiger partial charge < -0.3 is 9.47 Å². The third kappa shape index (κ3) is 3.24. The second kappa shape index (κ2) is 7.11. The number of carbonyl (C=O) groups is 2. The normalized spacial score (nSPS) is 19.8. The SMILES string of the molecule is COc1cc(OC)nc(N2C(=O)C(C)C(Cc3ccc(C)cc3)C2=O)n1. The van der Waals surface area contributed by atoms with Gasteiger partial charge in [0, 0.05) is 5.92 Å². The number of carbonyl (C=O) groups excluding carboxylic acids is 2. The molecule has 1 aromatic heterocycles. The van der Waals surface area contributed by atoms with E-state index in [2.05, 4.69) is 9.97 Å². The molecule has 7 nitrogen and oxygen atoms in total. The second-order valence-corrected chi connectivity index (χ2v) is 6.35. The molecule has 1 fully saturated rings. The Labute approximate surface area is 152 Å². The number of aryl methyl sites for hydroxylation is 1. The van der Waals surface area contributed by atoms with Crippen molar-refractivity contribution in [1.82, 2.24) is 9.97 Å². The number of methoxy groups -OCH3 is 2. The predicted molar refractivity (Wildman–Crippen MR) is 95.2 cm³/mol. The number of aromatic nitrogens is 2. The van der Waals surface area contributed by atoms with E-state index in [-0.39, 0.29) is 29.5 Å². The van der Waals surface area contributed by atoms with Gasteiger partial charge in [0.25, 0.3) is 0 Å². The molecule has 0 N–H and O–H groups in total. The molecule has 2 atom stereocenters. The molecule has 0 radical (unpaired) electrons. The lowest BCUT2D eigenvalue weighted by Crippen LogP contribution is -2.32. The second-order valence-electron chi connectivity index (χ2n) is 6.35. The van der Waals surface area contributed by atoms with Gasteiger partial charge >= 0.3 is 0 Å². The summed E-state index contributed by atoms with van der Waals surface area (Å²) < 4.78 is 10.2. The molecule has 1 aromatic carbocycles. The third-order valence-corrected chi connectivity index (χ3v) is 4.61. The molecule has 1 saturated heterocycles. The Bertz CT molecular complexity index is 813. The van der Waals surface area contributed by atoms with E-state index in [4.69, 9.17) is 9.47 Å². The Hall–Kier alpha value is -2.96. The Kier molecular flexibility index (Phi) is 4.88. The molecule has 2 aromatic rings. The van der Waals surface area contributed by atoms with E-state index in [0.29, 0.717) is 6.42 Å². The maximum atomic E-state index is 12.9. The number of hydrogen-bond donors (Lipinski definition) is 0. The van der Waals surface area contributed by atoms with Crippen molar-refractivity contribution >= 4 is 17.8 Å². The Morgan fingerprint density at radius 2 is 1.58 bits per heavy atom. The standard InChI is InChI=1S/C19H21N3O4/c1-11-5-7-13(8-6-11)9-14-12(2)17(23)22(18(14)24)19-20-15(25-3)10-16(21-19)26-4/h5-8,10,12,14H,9H2,1-4H3. The summed E-state index contributed by atoms with van der Waals surface area (Å²) in [7, 11) is 2.89. The number of imide groups is 1. The zero-order valence-electron chi connectivity index (χ0n) is 15.2. The molecule has 26 heavy (non-hydrogen) atoms. The molecule has 2 unspecified atom stereocenters. The molecular weight excluding hydrogens is 334 g/mol. The number of hydrogen-bond acceptors (Lipinski definition) is 6. The average Bonchev–Trinajstić information content (AvgIpc) is 2.86. The molecular formula is C19H21N3O4. The summed E-state index contributed by atoms with van der Waals surface area (Å²) in [5.41, 5.74) is 2.16. The first-order valence-corrected chi connectivity index (χ1v) is 8.35. The minimum absolute atomic E-state index is 0.0190. The highest BCUT2D eigenvalue weighted by molar-refractivity contribution is 6.21. The van der Waals surface area contributed by atoms with Crippen LogP contribution in [-0.4, -0.2) is 36.0 Å². The molecule has 0 bridgehead atoms. The zero-order chi connectivity index (χ0) is 18.8. The van der Waals surface area contributed by atoms with Crippen molar-refractivity contribution in [2.75, 3.05) is 19.1 Å². The maximum absolute atomic E-state index is 12.9. The number of ether oxygens (including phenoxy) is 2. The van der Waals surface area contributed by atoms with Crippen molar-refractivity contribution in [1.29, 1.82) is 0 Å². The van der Waals surface area contributed by atoms with E-state index >= 15 is 0 Å². The van der Waals surface area contributed by atoms with Gasteiger partial charge in [-0.25, -0.2) is 4.90 Å². The molecule has 1 aliphatic rings. The largest absolute Gasteiger partial charge is 0.481 e. The minimum atomic E-state index is -0.454. The molecule has 3 rings (SSSR count). The molecule has 2 heterocycles. The summed E-state index contributed by atoms with van der Waals surface area (Å²) >= 11 is 0. The van der Waals surface area contributed by atoms with Crippen LogP contribution >= 0.6 is 0 Å². The Morgan fingerprint density at radius 1 is 1.00 bits per heavy atom. The third-order valence-electron chi connectivity index (χ3n) is 4.61. The average molecular weight is 355 g/mol. The van der Waals surface area contributed by atoms with Gasteiger partial charge in [-0.3, -0.25) is 9.59 Å². The van der Waals surface area contributed by atoms with E-state index in [1.165, 1.54) is 20.3 Å². The molecule has 1 aliphatic heterocycles. The van der Waals surface area contributed by atoms with Gasteiger partial charge in [0.15, 0.2) is 0 Å². The summed E-state index contributed by atoms with van der Waals surface area (Å²) in [4.78, 5) is 35.0. The van der Waals surface area contributed by atoms with Crippen molar-refractivity contribution in [3.8, 4) is 11.8 Å². The summed E-state index contributed by atoms with van der Waals surface area (Å²) in [6.07, 6.45) is 0.490. The fourth-order valence-electron chi connectivity index (χ4n) is 3.00. The number of anilines is 1. The molecule has 0 spiro atoms. The summed E-state index contributed by atoms with van der Waals surface area (Å²) in [5.74, 6) is -1.10. The van der Waals surface area contributed by atoms with E-state index in [9.17, 15) is 9.59 Å². The maximum Gasteiger partial charge on any atom is 0.245 e. The van der Waals surface area contributed by atoms with Crippen LogP contribution < -0.4 is 14.4 Å². The van der Waals surface area contributed by atoms with Gasteiger partial charge in [-0.05, 0) is 18.9 Å². The number of nitrogens with zero attached hydrogens (tertiary/aromatic N) is 3. The molecule has 136 valence electrons. The Morgan fingerprint density at radius 3 is 2.12 bits per heavy atom.